The molecule has 0 aliphatic carbocycles. The fourth-order valence-corrected chi connectivity index (χ4v) is 4.53. The maximum Gasteiger partial charge on any atom is 0.282 e. The standard InChI is InChI=1S/C19H14ClF2N7O4S/c1-8-15-10(7-25-19(23)26-15)18(30)29(27-8)16-11(21)3-4-12(14(16)22)28-34(31,32)13-5-9(20)6-24-17(13)33-2/h3-7,28H,1-2H3,(H2,23,25,26). The van der Waals surface area contributed by atoms with Gasteiger partial charge in [0.2, 0.25) is 11.8 Å². The molecular weight excluding hydrogens is 496 g/mol. The van der Waals surface area contributed by atoms with Crippen molar-refractivity contribution in [3.8, 4) is 11.6 Å². The summed E-state index contributed by atoms with van der Waals surface area (Å²) >= 11 is 5.83. The molecule has 4 aromatic rings. The Balaban J connectivity index is 1.88. The fraction of sp³-hybridized carbons (Fsp3) is 0.105. The number of halogens is 3. The van der Waals surface area contributed by atoms with E-state index in [2.05, 4.69) is 20.1 Å². The number of benzene rings is 1. The molecule has 0 fully saturated rings. The van der Waals surface area contributed by atoms with Crippen molar-refractivity contribution in [2.45, 2.75) is 11.8 Å². The Morgan fingerprint density at radius 1 is 1.21 bits per heavy atom. The van der Waals surface area contributed by atoms with Gasteiger partial charge in [0.1, 0.15) is 11.2 Å². The number of hydrogen-bond donors (Lipinski definition) is 2. The third-order valence-electron chi connectivity index (χ3n) is 4.61. The van der Waals surface area contributed by atoms with Crippen molar-refractivity contribution in [1.29, 1.82) is 0 Å². The highest BCUT2D eigenvalue weighted by molar-refractivity contribution is 7.92. The van der Waals surface area contributed by atoms with E-state index < -0.39 is 43.5 Å². The van der Waals surface area contributed by atoms with Crippen molar-refractivity contribution in [1.82, 2.24) is 24.7 Å². The highest BCUT2D eigenvalue weighted by atomic mass is 35.5. The smallest absolute Gasteiger partial charge is 0.282 e. The first-order valence-electron chi connectivity index (χ1n) is 9.26. The quantitative estimate of drug-likeness (QED) is 0.411. The lowest BCUT2D eigenvalue weighted by Crippen LogP contribution is -2.26. The monoisotopic (exact) mass is 509 g/mol. The molecule has 3 heterocycles. The molecule has 1 aromatic carbocycles. The van der Waals surface area contributed by atoms with Crippen LogP contribution in [0.25, 0.3) is 16.6 Å². The summed E-state index contributed by atoms with van der Waals surface area (Å²) in [6.07, 6.45) is 2.26. The number of fused-ring (bicyclic) bond motifs is 1. The summed E-state index contributed by atoms with van der Waals surface area (Å²) in [6.45, 7) is 1.45. The van der Waals surface area contributed by atoms with Crippen LogP contribution in [0, 0.1) is 18.6 Å². The molecule has 0 saturated carbocycles. The molecule has 11 nitrogen and oxygen atoms in total. The van der Waals surface area contributed by atoms with Gasteiger partial charge in [0.15, 0.2) is 16.5 Å². The largest absolute Gasteiger partial charge is 0.480 e. The number of nitrogens with zero attached hydrogens (tertiary/aromatic N) is 5. The summed E-state index contributed by atoms with van der Waals surface area (Å²) in [4.78, 5) is 23.8. The van der Waals surface area contributed by atoms with Gasteiger partial charge < -0.3 is 10.5 Å². The minimum absolute atomic E-state index is 0.0216. The summed E-state index contributed by atoms with van der Waals surface area (Å²) < 4.78 is 63.3. The molecule has 3 aromatic heterocycles. The van der Waals surface area contributed by atoms with Gasteiger partial charge in [-0.25, -0.2) is 32.2 Å². The SMILES string of the molecule is COc1ncc(Cl)cc1S(=O)(=O)Nc1ccc(F)c(-n2nc(C)c3nc(N)ncc3c2=O)c1F. The maximum absolute atomic E-state index is 15.4. The van der Waals surface area contributed by atoms with Crippen molar-refractivity contribution < 1.29 is 21.9 Å². The fourth-order valence-electron chi connectivity index (χ4n) is 3.10. The average Bonchev–Trinajstić information content (AvgIpc) is 2.79. The van der Waals surface area contributed by atoms with Gasteiger partial charge in [-0.3, -0.25) is 9.52 Å². The molecule has 0 aliphatic heterocycles. The minimum Gasteiger partial charge on any atom is -0.480 e. The van der Waals surface area contributed by atoms with Gasteiger partial charge in [-0.05, 0) is 25.1 Å². The van der Waals surface area contributed by atoms with Crippen molar-refractivity contribution in [3.63, 3.8) is 0 Å². The van der Waals surface area contributed by atoms with E-state index >= 15 is 4.39 Å². The molecule has 34 heavy (non-hydrogen) atoms. The van der Waals surface area contributed by atoms with Gasteiger partial charge >= 0.3 is 0 Å². The first-order valence-corrected chi connectivity index (χ1v) is 11.1. The minimum atomic E-state index is -4.50. The zero-order chi connectivity index (χ0) is 24.8. The summed E-state index contributed by atoms with van der Waals surface area (Å²) in [5.41, 5.74) is 3.24. The van der Waals surface area contributed by atoms with Gasteiger partial charge in [0, 0.05) is 12.4 Å². The van der Waals surface area contributed by atoms with Gasteiger partial charge in [-0.1, -0.05) is 11.6 Å². The molecule has 0 radical (unpaired) electrons. The second kappa shape index (κ2) is 8.46. The van der Waals surface area contributed by atoms with Gasteiger partial charge in [-0.2, -0.15) is 9.78 Å². The number of anilines is 2. The first kappa shape index (κ1) is 23.3. The van der Waals surface area contributed by atoms with Gasteiger partial charge in [0.05, 0.1) is 28.9 Å². The molecule has 0 saturated heterocycles. The molecule has 176 valence electrons. The van der Waals surface area contributed by atoms with Crippen LogP contribution in [0.5, 0.6) is 5.88 Å². The van der Waals surface area contributed by atoms with E-state index in [9.17, 15) is 17.6 Å². The van der Waals surface area contributed by atoms with E-state index in [4.69, 9.17) is 22.1 Å². The number of ether oxygens (including phenoxy) is 1. The lowest BCUT2D eigenvalue weighted by atomic mass is 10.2. The van der Waals surface area contributed by atoms with Crippen LogP contribution in [0.4, 0.5) is 20.4 Å². The van der Waals surface area contributed by atoms with E-state index in [0.29, 0.717) is 4.68 Å². The summed E-state index contributed by atoms with van der Waals surface area (Å²) in [6, 6.07) is 2.66. The Kier molecular flexibility index (Phi) is 5.79. The van der Waals surface area contributed by atoms with E-state index in [1.165, 1.54) is 14.0 Å². The molecule has 0 spiro atoms. The number of rotatable bonds is 5. The third-order valence-corrected chi connectivity index (χ3v) is 6.18. The van der Waals surface area contributed by atoms with Crippen LogP contribution in [0.1, 0.15) is 5.69 Å². The third kappa shape index (κ3) is 3.97. The number of pyridine rings is 1. The van der Waals surface area contributed by atoms with Crippen molar-refractivity contribution in [3.05, 3.63) is 63.3 Å². The lowest BCUT2D eigenvalue weighted by Gasteiger charge is -2.15. The number of nitrogens with one attached hydrogen (secondary N) is 1. The van der Waals surface area contributed by atoms with Crippen molar-refractivity contribution in [2.24, 2.45) is 0 Å². The number of methoxy groups -OCH3 is 1. The van der Waals surface area contributed by atoms with E-state index in [1.807, 2.05) is 4.72 Å². The molecule has 0 atom stereocenters. The molecule has 15 heteroatoms. The maximum atomic E-state index is 15.4. The van der Waals surface area contributed by atoms with E-state index in [1.54, 1.807) is 0 Å². The van der Waals surface area contributed by atoms with Crippen LogP contribution < -0.4 is 20.8 Å². The Bertz CT molecular complexity index is 1630. The Morgan fingerprint density at radius 2 is 1.94 bits per heavy atom. The molecule has 0 bridgehead atoms. The molecule has 4 rings (SSSR count). The lowest BCUT2D eigenvalue weighted by molar-refractivity contribution is 0.385. The zero-order valence-electron chi connectivity index (χ0n) is 17.4. The average molecular weight is 510 g/mol. The number of hydrogen-bond acceptors (Lipinski definition) is 9. The summed E-state index contributed by atoms with van der Waals surface area (Å²) in [7, 11) is -3.31. The zero-order valence-corrected chi connectivity index (χ0v) is 18.9. The van der Waals surface area contributed by atoms with Crippen LogP contribution in [-0.2, 0) is 10.0 Å². The van der Waals surface area contributed by atoms with Crippen LogP contribution in [0.2, 0.25) is 5.02 Å². The van der Waals surface area contributed by atoms with Crippen LogP contribution in [0.3, 0.4) is 0 Å². The first-order chi connectivity index (χ1) is 16.0. The Labute approximate surface area is 195 Å². The van der Waals surface area contributed by atoms with Gasteiger partial charge in [-0.15, -0.1) is 0 Å². The highest BCUT2D eigenvalue weighted by Gasteiger charge is 2.26. The van der Waals surface area contributed by atoms with Crippen molar-refractivity contribution in [2.75, 3.05) is 17.6 Å². The number of aryl methyl sites for hydroxylation is 1. The number of aromatic nitrogens is 5. The van der Waals surface area contributed by atoms with E-state index in [-0.39, 0.29) is 33.4 Å². The second-order valence-corrected chi connectivity index (χ2v) is 8.90. The number of nitrogens with two attached hydrogens (primary N) is 1. The van der Waals surface area contributed by atoms with E-state index in [0.717, 1.165) is 30.6 Å². The topological polar surface area (TPSA) is 155 Å². The molecule has 0 amide bonds. The predicted octanol–water partition coefficient (Wildman–Crippen LogP) is 2.20. The number of nitrogen functional groups attached to an aromatic ring is 1. The summed E-state index contributed by atoms with van der Waals surface area (Å²) in [5.74, 6) is -2.99. The van der Waals surface area contributed by atoms with Crippen LogP contribution >= 0.6 is 11.6 Å². The Hall–Kier alpha value is -3.91. The molecule has 3 N–H and O–H groups in total. The number of sulfonamides is 1. The molecule has 0 aliphatic rings. The molecular formula is C19H14ClF2N7O4S. The second-order valence-electron chi connectivity index (χ2n) is 6.82. The van der Waals surface area contributed by atoms with Crippen molar-refractivity contribution >= 4 is 44.2 Å². The predicted molar refractivity (Wildman–Crippen MR) is 119 cm³/mol. The van der Waals surface area contributed by atoms with Gasteiger partial charge in [0.25, 0.3) is 15.6 Å². The van der Waals surface area contributed by atoms with Crippen LogP contribution in [-0.4, -0.2) is 40.3 Å². The highest BCUT2D eigenvalue weighted by Crippen LogP contribution is 2.29. The Morgan fingerprint density at radius 3 is 2.65 bits per heavy atom. The summed E-state index contributed by atoms with van der Waals surface area (Å²) in [5, 5.41) is 3.80. The normalized spacial score (nSPS) is 11.6. The molecule has 0 unspecified atom stereocenters. The van der Waals surface area contributed by atoms with Crippen LogP contribution in [0.15, 0.2) is 40.3 Å².